The van der Waals surface area contributed by atoms with Crippen molar-refractivity contribution in [2.24, 2.45) is 0 Å². The molecule has 0 saturated carbocycles. The molecule has 17 heavy (non-hydrogen) atoms. The number of fused-ring (bicyclic) bond motifs is 1. The van der Waals surface area contributed by atoms with E-state index in [0.717, 1.165) is 11.0 Å². The summed E-state index contributed by atoms with van der Waals surface area (Å²) >= 11 is 0. The van der Waals surface area contributed by atoms with Crippen LogP contribution < -0.4 is 0 Å². The summed E-state index contributed by atoms with van der Waals surface area (Å²) in [5, 5.41) is 11.1. The lowest BCUT2D eigenvalue weighted by Crippen LogP contribution is -2.25. The predicted octanol–water partition coefficient (Wildman–Crippen LogP) is 3.28. The fraction of sp³-hybridized carbons (Fsp3) is 0.429. The van der Waals surface area contributed by atoms with Gasteiger partial charge >= 0.3 is 0 Å². The SMILES string of the molecule is COC(C)(C)CC(O)c1cc2ccccc2o1. The summed E-state index contributed by atoms with van der Waals surface area (Å²) in [6, 6.07) is 9.61. The van der Waals surface area contributed by atoms with E-state index in [4.69, 9.17) is 9.15 Å². The number of ether oxygens (including phenoxy) is 1. The monoisotopic (exact) mass is 234 g/mol. The first kappa shape index (κ1) is 12.1. The number of methoxy groups -OCH3 is 1. The van der Waals surface area contributed by atoms with Crippen LogP contribution in [0.25, 0.3) is 11.0 Å². The van der Waals surface area contributed by atoms with Crippen molar-refractivity contribution < 1.29 is 14.3 Å². The van der Waals surface area contributed by atoms with Crippen LogP contribution >= 0.6 is 0 Å². The summed E-state index contributed by atoms with van der Waals surface area (Å²) in [6.07, 6.45) is -0.138. The van der Waals surface area contributed by atoms with E-state index >= 15 is 0 Å². The number of benzene rings is 1. The smallest absolute Gasteiger partial charge is 0.134 e. The van der Waals surface area contributed by atoms with Gasteiger partial charge in [-0.3, -0.25) is 0 Å². The molecular weight excluding hydrogens is 216 g/mol. The first-order valence-electron chi connectivity index (χ1n) is 5.73. The molecule has 0 amide bonds. The molecule has 2 aromatic rings. The van der Waals surface area contributed by atoms with Gasteiger partial charge in [-0.2, -0.15) is 0 Å². The van der Waals surface area contributed by atoms with Crippen molar-refractivity contribution in [3.8, 4) is 0 Å². The molecule has 1 N–H and O–H groups in total. The van der Waals surface area contributed by atoms with Gasteiger partial charge in [0.1, 0.15) is 17.4 Å². The summed E-state index contributed by atoms with van der Waals surface area (Å²) in [4.78, 5) is 0. The number of aliphatic hydroxyl groups is 1. The van der Waals surface area contributed by atoms with Crippen molar-refractivity contribution in [1.82, 2.24) is 0 Å². The molecule has 0 aliphatic rings. The molecule has 92 valence electrons. The molecule has 1 heterocycles. The summed E-state index contributed by atoms with van der Waals surface area (Å²) < 4.78 is 10.9. The molecule has 1 aromatic carbocycles. The molecule has 2 rings (SSSR count). The van der Waals surface area contributed by atoms with Gasteiger partial charge in [-0.1, -0.05) is 18.2 Å². The second-order valence-electron chi connectivity index (χ2n) is 4.87. The standard InChI is InChI=1S/C14H18O3/c1-14(2,16-3)9-11(15)13-8-10-6-4-5-7-12(10)17-13/h4-8,11,15H,9H2,1-3H3. The van der Waals surface area contributed by atoms with Gasteiger partial charge in [-0.05, 0) is 26.0 Å². The minimum atomic E-state index is -0.641. The second kappa shape index (κ2) is 4.51. The van der Waals surface area contributed by atoms with Crippen LogP contribution in [0, 0.1) is 0 Å². The van der Waals surface area contributed by atoms with Gasteiger partial charge in [0.25, 0.3) is 0 Å². The highest BCUT2D eigenvalue weighted by molar-refractivity contribution is 5.77. The van der Waals surface area contributed by atoms with Crippen molar-refractivity contribution >= 4 is 11.0 Å². The van der Waals surface area contributed by atoms with Crippen molar-refractivity contribution in [2.75, 3.05) is 7.11 Å². The maximum atomic E-state index is 10.1. The van der Waals surface area contributed by atoms with E-state index in [2.05, 4.69) is 0 Å². The number of rotatable bonds is 4. The third-order valence-electron chi connectivity index (χ3n) is 3.01. The number of furan rings is 1. The fourth-order valence-electron chi connectivity index (χ4n) is 1.82. The molecule has 0 spiro atoms. The lowest BCUT2D eigenvalue weighted by Gasteiger charge is -2.24. The summed E-state index contributed by atoms with van der Waals surface area (Å²) in [7, 11) is 1.64. The molecule has 0 fully saturated rings. The highest BCUT2D eigenvalue weighted by Gasteiger charge is 2.24. The Kier molecular flexibility index (Phi) is 3.22. The average Bonchev–Trinajstić information content (AvgIpc) is 2.72. The Morgan fingerprint density at radius 1 is 1.35 bits per heavy atom. The van der Waals surface area contributed by atoms with Gasteiger partial charge in [-0.15, -0.1) is 0 Å². The van der Waals surface area contributed by atoms with Crippen molar-refractivity contribution in [2.45, 2.75) is 32.0 Å². The number of hydrogen-bond donors (Lipinski definition) is 1. The second-order valence-corrected chi connectivity index (χ2v) is 4.87. The quantitative estimate of drug-likeness (QED) is 0.882. The molecule has 0 saturated heterocycles. The number of para-hydroxylation sites is 1. The molecule has 0 aliphatic heterocycles. The Balaban J connectivity index is 2.22. The van der Waals surface area contributed by atoms with E-state index in [0.29, 0.717) is 12.2 Å². The first-order chi connectivity index (χ1) is 8.02. The molecule has 1 unspecified atom stereocenters. The lowest BCUT2D eigenvalue weighted by atomic mass is 9.99. The molecule has 0 radical (unpaired) electrons. The van der Waals surface area contributed by atoms with Gasteiger partial charge in [0.15, 0.2) is 0 Å². The van der Waals surface area contributed by atoms with Crippen LogP contribution in [0.3, 0.4) is 0 Å². The van der Waals surface area contributed by atoms with E-state index < -0.39 is 6.10 Å². The first-order valence-corrected chi connectivity index (χ1v) is 5.73. The van der Waals surface area contributed by atoms with Gasteiger partial charge in [0.2, 0.25) is 0 Å². The largest absolute Gasteiger partial charge is 0.458 e. The highest BCUT2D eigenvalue weighted by Crippen LogP contribution is 2.29. The zero-order valence-electron chi connectivity index (χ0n) is 10.4. The highest BCUT2D eigenvalue weighted by atomic mass is 16.5. The lowest BCUT2D eigenvalue weighted by molar-refractivity contribution is -0.0245. The zero-order chi connectivity index (χ0) is 12.5. The third kappa shape index (κ3) is 2.68. The minimum Gasteiger partial charge on any atom is -0.458 e. The average molecular weight is 234 g/mol. The Labute approximate surface area is 101 Å². The molecule has 0 bridgehead atoms. The molecular formula is C14H18O3. The van der Waals surface area contributed by atoms with Crippen molar-refractivity contribution in [3.63, 3.8) is 0 Å². The molecule has 1 aromatic heterocycles. The van der Waals surface area contributed by atoms with Crippen LogP contribution in [0.1, 0.15) is 32.1 Å². The maximum absolute atomic E-state index is 10.1. The molecule has 1 atom stereocenters. The normalized spacial score (nSPS) is 14.1. The van der Waals surface area contributed by atoms with Crippen LogP contribution in [-0.4, -0.2) is 17.8 Å². The Bertz CT molecular complexity index is 466. The van der Waals surface area contributed by atoms with E-state index in [-0.39, 0.29) is 5.60 Å². The van der Waals surface area contributed by atoms with Crippen LogP contribution in [0.4, 0.5) is 0 Å². The molecule has 0 aliphatic carbocycles. The Morgan fingerprint density at radius 2 is 2.06 bits per heavy atom. The van der Waals surface area contributed by atoms with Gasteiger partial charge in [0, 0.05) is 18.9 Å². The molecule has 3 heteroatoms. The topological polar surface area (TPSA) is 42.6 Å². The van der Waals surface area contributed by atoms with E-state index in [1.165, 1.54) is 0 Å². The zero-order valence-corrected chi connectivity index (χ0v) is 10.4. The van der Waals surface area contributed by atoms with Crippen molar-refractivity contribution in [3.05, 3.63) is 36.1 Å². The fourth-order valence-corrected chi connectivity index (χ4v) is 1.82. The Morgan fingerprint density at radius 3 is 2.71 bits per heavy atom. The number of hydrogen-bond acceptors (Lipinski definition) is 3. The molecule has 3 nitrogen and oxygen atoms in total. The van der Waals surface area contributed by atoms with Crippen LogP contribution in [0.5, 0.6) is 0 Å². The predicted molar refractivity (Wildman–Crippen MR) is 66.9 cm³/mol. The van der Waals surface area contributed by atoms with Crippen molar-refractivity contribution in [1.29, 1.82) is 0 Å². The summed E-state index contributed by atoms with van der Waals surface area (Å²) in [5.41, 5.74) is 0.440. The van der Waals surface area contributed by atoms with E-state index in [1.54, 1.807) is 7.11 Å². The maximum Gasteiger partial charge on any atom is 0.134 e. The minimum absolute atomic E-state index is 0.363. The van der Waals surface area contributed by atoms with Crippen LogP contribution in [0.15, 0.2) is 34.7 Å². The third-order valence-corrected chi connectivity index (χ3v) is 3.01. The Hall–Kier alpha value is -1.32. The van der Waals surface area contributed by atoms with E-state index in [1.807, 2.05) is 44.2 Å². The van der Waals surface area contributed by atoms with Crippen LogP contribution in [0.2, 0.25) is 0 Å². The van der Waals surface area contributed by atoms with E-state index in [9.17, 15) is 5.11 Å². The van der Waals surface area contributed by atoms with Gasteiger partial charge in [0.05, 0.1) is 5.60 Å². The van der Waals surface area contributed by atoms with Gasteiger partial charge in [-0.25, -0.2) is 0 Å². The summed E-state index contributed by atoms with van der Waals surface area (Å²) in [5.74, 6) is 0.594. The van der Waals surface area contributed by atoms with Gasteiger partial charge < -0.3 is 14.3 Å². The number of aliphatic hydroxyl groups excluding tert-OH is 1. The summed E-state index contributed by atoms with van der Waals surface area (Å²) in [6.45, 7) is 3.89. The van der Waals surface area contributed by atoms with Crippen LogP contribution in [-0.2, 0) is 4.74 Å².